The number of hydrogen-bond donors (Lipinski definition) is 1. The van der Waals surface area contributed by atoms with Gasteiger partial charge in [-0.15, -0.1) is 10.2 Å². The van der Waals surface area contributed by atoms with Crippen molar-refractivity contribution >= 4 is 0 Å². The molecule has 1 aliphatic carbocycles. The summed E-state index contributed by atoms with van der Waals surface area (Å²) in [6, 6.07) is 0.514. The van der Waals surface area contributed by atoms with E-state index in [2.05, 4.69) is 20.7 Å². The Hall–Kier alpha value is -0.970. The van der Waals surface area contributed by atoms with Gasteiger partial charge in [-0.25, -0.2) is 0 Å². The minimum absolute atomic E-state index is 0.486. The van der Waals surface area contributed by atoms with Crippen molar-refractivity contribution in [2.75, 3.05) is 13.1 Å². The van der Waals surface area contributed by atoms with Crippen molar-refractivity contribution in [2.24, 2.45) is 0 Å². The minimum atomic E-state index is 0.486. The Morgan fingerprint density at radius 1 is 1.20 bits per heavy atom. The zero-order chi connectivity index (χ0) is 10.1. The second-order valence-corrected chi connectivity index (χ2v) is 4.60. The Morgan fingerprint density at radius 3 is 2.80 bits per heavy atom. The zero-order valence-corrected chi connectivity index (χ0v) is 8.89. The van der Waals surface area contributed by atoms with Crippen LogP contribution in [0.15, 0.2) is 0 Å². The molecule has 2 fully saturated rings. The van der Waals surface area contributed by atoms with E-state index in [1.54, 1.807) is 0 Å². The summed E-state index contributed by atoms with van der Waals surface area (Å²) in [5.74, 6) is 1.42. The first-order chi connectivity index (χ1) is 7.43. The summed E-state index contributed by atoms with van der Waals surface area (Å²) in [6.07, 6.45) is 6.22. The van der Waals surface area contributed by atoms with Crippen LogP contribution in [0.2, 0.25) is 0 Å². The molecule has 1 saturated carbocycles. The third-order valence-corrected chi connectivity index (χ3v) is 3.52. The molecule has 1 N–H and O–H groups in total. The molecule has 0 aromatic carbocycles. The first-order valence-corrected chi connectivity index (χ1v) is 5.93. The van der Waals surface area contributed by atoms with Crippen molar-refractivity contribution in [3.8, 4) is 0 Å². The van der Waals surface area contributed by atoms with E-state index in [0.29, 0.717) is 12.0 Å². The summed E-state index contributed by atoms with van der Waals surface area (Å²) in [5, 5.41) is 16.2. The first kappa shape index (κ1) is 9.27. The smallest absolute Gasteiger partial charge is 0.179 e. The maximum atomic E-state index is 4.53. The molecule has 2 heterocycles. The van der Waals surface area contributed by atoms with Crippen LogP contribution in [0.25, 0.3) is 0 Å². The molecular weight excluding hydrogens is 190 g/mol. The fourth-order valence-corrected chi connectivity index (χ4v) is 2.56. The molecule has 5 heteroatoms. The highest BCUT2D eigenvalue weighted by Gasteiger charge is 2.24. The van der Waals surface area contributed by atoms with Crippen molar-refractivity contribution < 1.29 is 0 Å². The molecule has 0 spiro atoms. The number of nitrogens with zero attached hydrogens (tertiary/aromatic N) is 4. The monoisotopic (exact) mass is 207 g/mol. The van der Waals surface area contributed by atoms with Crippen LogP contribution in [-0.4, -0.2) is 33.3 Å². The van der Waals surface area contributed by atoms with Gasteiger partial charge in [-0.2, -0.15) is 4.80 Å². The summed E-state index contributed by atoms with van der Waals surface area (Å²) in [4.78, 5) is 1.85. The largest absolute Gasteiger partial charge is 0.316 e. The van der Waals surface area contributed by atoms with Crippen LogP contribution < -0.4 is 5.32 Å². The molecule has 2 aliphatic rings. The predicted octanol–water partition coefficient (Wildman–Crippen LogP) is 0.865. The number of hydrogen-bond acceptors (Lipinski definition) is 4. The van der Waals surface area contributed by atoms with Crippen LogP contribution >= 0.6 is 0 Å². The van der Waals surface area contributed by atoms with Crippen LogP contribution in [0.1, 0.15) is 49.9 Å². The van der Waals surface area contributed by atoms with Gasteiger partial charge in [0.15, 0.2) is 5.82 Å². The lowest BCUT2D eigenvalue weighted by Crippen LogP contribution is -2.11. The lowest BCUT2D eigenvalue weighted by Gasteiger charge is -2.05. The molecule has 0 radical (unpaired) electrons. The number of aromatic nitrogens is 4. The average molecular weight is 207 g/mol. The van der Waals surface area contributed by atoms with Gasteiger partial charge in [-0.05, 0) is 31.0 Å². The average Bonchev–Trinajstić information content (AvgIpc) is 3.02. The molecule has 3 rings (SSSR count). The van der Waals surface area contributed by atoms with Crippen LogP contribution in [0.3, 0.4) is 0 Å². The van der Waals surface area contributed by atoms with E-state index in [1.165, 1.54) is 25.7 Å². The molecule has 1 unspecified atom stereocenters. The second-order valence-electron chi connectivity index (χ2n) is 4.60. The van der Waals surface area contributed by atoms with E-state index >= 15 is 0 Å². The Morgan fingerprint density at radius 2 is 2.07 bits per heavy atom. The maximum absolute atomic E-state index is 4.53. The van der Waals surface area contributed by atoms with Gasteiger partial charge in [0.25, 0.3) is 0 Å². The third kappa shape index (κ3) is 1.76. The maximum Gasteiger partial charge on any atom is 0.179 e. The van der Waals surface area contributed by atoms with Crippen LogP contribution in [0.4, 0.5) is 0 Å². The fourth-order valence-electron chi connectivity index (χ4n) is 2.56. The molecule has 15 heavy (non-hydrogen) atoms. The topological polar surface area (TPSA) is 55.6 Å². The zero-order valence-electron chi connectivity index (χ0n) is 8.89. The fraction of sp³-hybridized carbons (Fsp3) is 0.900. The Kier molecular flexibility index (Phi) is 2.40. The Labute approximate surface area is 89.2 Å². The van der Waals surface area contributed by atoms with Crippen molar-refractivity contribution in [3.05, 3.63) is 5.82 Å². The SMILES string of the molecule is C1CCC(n2nnc(C3CCNC3)n2)C1. The van der Waals surface area contributed by atoms with E-state index < -0.39 is 0 Å². The van der Waals surface area contributed by atoms with Crippen LogP contribution in [0, 0.1) is 0 Å². The first-order valence-electron chi connectivity index (χ1n) is 5.93. The summed E-state index contributed by atoms with van der Waals surface area (Å²) in [7, 11) is 0. The van der Waals surface area contributed by atoms with E-state index in [-0.39, 0.29) is 0 Å². The molecule has 1 aliphatic heterocycles. The molecule has 1 atom stereocenters. The van der Waals surface area contributed by atoms with Gasteiger partial charge in [-0.1, -0.05) is 12.8 Å². The number of rotatable bonds is 2. The molecule has 0 amide bonds. The third-order valence-electron chi connectivity index (χ3n) is 3.52. The van der Waals surface area contributed by atoms with Crippen molar-refractivity contribution in [2.45, 2.75) is 44.1 Å². The highest BCUT2D eigenvalue weighted by Crippen LogP contribution is 2.28. The summed E-state index contributed by atoms with van der Waals surface area (Å²) in [5.41, 5.74) is 0. The summed E-state index contributed by atoms with van der Waals surface area (Å²) in [6.45, 7) is 2.10. The molecule has 0 bridgehead atoms. The van der Waals surface area contributed by atoms with Gasteiger partial charge < -0.3 is 5.32 Å². The molecule has 5 nitrogen and oxygen atoms in total. The van der Waals surface area contributed by atoms with Gasteiger partial charge >= 0.3 is 0 Å². The molecule has 1 saturated heterocycles. The highest BCUT2D eigenvalue weighted by atomic mass is 15.6. The van der Waals surface area contributed by atoms with Crippen LogP contribution in [-0.2, 0) is 0 Å². The Bertz CT molecular complexity index is 292. The molecule has 1 aromatic heterocycles. The summed E-state index contributed by atoms with van der Waals surface area (Å²) >= 11 is 0. The van der Waals surface area contributed by atoms with Gasteiger partial charge in [0.05, 0.1) is 6.04 Å². The molecule has 82 valence electrons. The highest BCUT2D eigenvalue weighted by molar-refractivity contribution is 4.96. The normalized spacial score (nSPS) is 27.6. The van der Waals surface area contributed by atoms with Gasteiger partial charge in [0.1, 0.15) is 0 Å². The molecular formula is C10H17N5. The second kappa shape index (κ2) is 3.89. The quantitative estimate of drug-likeness (QED) is 0.781. The molecule has 1 aromatic rings. The predicted molar refractivity (Wildman–Crippen MR) is 55.5 cm³/mol. The number of nitrogens with one attached hydrogen (secondary N) is 1. The standard InChI is InChI=1S/C10H17N5/c1-2-4-9(3-1)15-13-10(12-14-15)8-5-6-11-7-8/h8-9,11H,1-7H2. The van der Waals surface area contributed by atoms with E-state index in [4.69, 9.17) is 0 Å². The minimum Gasteiger partial charge on any atom is -0.316 e. The van der Waals surface area contributed by atoms with Gasteiger partial charge in [0.2, 0.25) is 0 Å². The van der Waals surface area contributed by atoms with Crippen LogP contribution in [0.5, 0.6) is 0 Å². The van der Waals surface area contributed by atoms with Crippen molar-refractivity contribution in [1.29, 1.82) is 0 Å². The lowest BCUT2D eigenvalue weighted by molar-refractivity contribution is 0.402. The van der Waals surface area contributed by atoms with E-state index in [1.807, 2.05) is 4.80 Å². The number of tetrazole rings is 1. The van der Waals surface area contributed by atoms with Gasteiger partial charge in [0, 0.05) is 12.5 Å². The Balaban J connectivity index is 1.74. The van der Waals surface area contributed by atoms with Crippen molar-refractivity contribution in [1.82, 2.24) is 25.5 Å². The van der Waals surface area contributed by atoms with E-state index in [0.717, 1.165) is 25.3 Å². The lowest BCUT2D eigenvalue weighted by atomic mass is 10.1. The van der Waals surface area contributed by atoms with Crippen molar-refractivity contribution in [3.63, 3.8) is 0 Å². The van der Waals surface area contributed by atoms with Gasteiger partial charge in [-0.3, -0.25) is 0 Å². The summed E-state index contributed by atoms with van der Waals surface area (Å²) < 4.78 is 0. The van der Waals surface area contributed by atoms with E-state index in [9.17, 15) is 0 Å².